The summed E-state index contributed by atoms with van der Waals surface area (Å²) in [5, 5.41) is 0. The fourth-order valence-electron chi connectivity index (χ4n) is 1.31. The van der Waals surface area contributed by atoms with Crippen molar-refractivity contribution < 1.29 is 0 Å². The Balaban J connectivity index is 0. The van der Waals surface area contributed by atoms with E-state index in [1.807, 2.05) is 39.8 Å². The lowest BCUT2D eigenvalue weighted by Gasteiger charge is -2.14. The van der Waals surface area contributed by atoms with E-state index in [9.17, 15) is 0 Å². The second-order valence-corrected chi connectivity index (χ2v) is 2.93. The van der Waals surface area contributed by atoms with E-state index in [-0.39, 0.29) is 0 Å². The third kappa shape index (κ3) is 6.11. The lowest BCUT2D eigenvalue weighted by molar-refractivity contribution is 0.714. The fourth-order valence-corrected chi connectivity index (χ4v) is 1.31. The molecule has 0 amide bonds. The van der Waals surface area contributed by atoms with Crippen LogP contribution in [-0.2, 0) is 0 Å². The summed E-state index contributed by atoms with van der Waals surface area (Å²) in [4.78, 5) is 0. The maximum Gasteiger partial charge on any atom is -0.0212 e. The third-order valence-electron chi connectivity index (χ3n) is 1.98. The van der Waals surface area contributed by atoms with Crippen LogP contribution in [0.5, 0.6) is 0 Å². The van der Waals surface area contributed by atoms with E-state index in [1.165, 1.54) is 11.1 Å². The van der Waals surface area contributed by atoms with Gasteiger partial charge in [-0.2, -0.15) is 0 Å². The molecule has 15 heavy (non-hydrogen) atoms. The predicted octanol–water partition coefficient (Wildman–Crippen LogP) is 5.30. The van der Waals surface area contributed by atoms with Gasteiger partial charge in [0.05, 0.1) is 0 Å². The minimum atomic E-state index is 0.645. The van der Waals surface area contributed by atoms with Gasteiger partial charge in [0.2, 0.25) is 0 Å². The zero-order valence-electron chi connectivity index (χ0n) is 11.0. The molecule has 0 nitrogen and oxygen atoms in total. The van der Waals surface area contributed by atoms with Crippen molar-refractivity contribution in [1.82, 2.24) is 0 Å². The molecule has 0 aromatic rings. The van der Waals surface area contributed by atoms with Gasteiger partial charge in [0.25, 0.3) is 0 Å². The number of hydrogen-bond acceptors (Lipinski definition) is 0. The van der Waals surface area contributed by atoms with E-state index in [0.29, 0.717) is 5.92 Å². The van der Waals surface area contributed by atoms with Crippen LogP contribution in [0.15, 0.2) is 48.6 Å². The SMILES string of the molecule is C=CC1=C(C=C)CC(C)C=C1.CC.CC. The predicted molar refractivity (Wildman–Crippen MR) is 73.0 cm³/mol. The van der Waals surface area contributed by atoms with Crippen LogP contribution in [0, 0.1) is 5.92 Å². The van der Waals surface area contributed by atoms with E-state index in [2.05, 4.69) is 32.2 Å². The summed E-state index contributed by atoms with van der Waals surface area (Å²) in [5.41, 5.74) is 2.54. The van der Waals surface area contributed by atoms with Crippen molar-refractivity contribution in [2.45, 2.75) is 41.0 Å². The molecular weight excluding hydrogens is 180 g/mol. The molecule has 1 aliphatic rings. The summed E-state index contributed by atoms with van der Waals surface area (Å²) < 4.78 is 0. The van der Waals surface area contributed by atoms with E-state index < -0.39 is 0 Å². The molecular formula is C15H26. The number of rotatable bonds is 2. The molecule has 0 saturated heterocycles. The second-order valence-electron chi connectivity index (χ2n) is 2.93. The first-order valence-corrected chi connectivity index (χ1v) is 5.94. The first-order valence-electron chi connectivity index (χ1n) is 5.94. The summed E-state index contributed by atoms with van der Waals surface area (Å²) in [6.45, 7) is 17.7. The third-order valence-corrected chi connectivity index (χ3v) is 1.98. The Morgan fingerprint density at radius 2 is 1.67 bits per heavy atom. The van der Waals surface area contributed by atoms with Gasteiger partial charge in [0, 0.05) is 0 Å². The fraction of sp³-hybridized carbons (Fsp3) is 0.467. The van der Waals surface area contributed by atoms with Crippen molar-refractivity contribution in [3.8, 4) is 0 Å². The minimum Gasteiger partial charge on any atom is -0.0988 e. The van der Waals surface area contributed by atoms with Gasteiger partial charge in [-0.3, -0.25) is 0 Å². The van der Waals surface area contributed by atoms with Gasteiger partial charge >= 0.3 is 0 Å². The molecule has 0 bridgehead atoms. The van der Waals surface area contributed by atoms with Gasteiger partial charge in [-0.05, 0) is 23.5 Å². The van der Waals surface area contributed by atoms with E-state index in [0.717, 1.165) is 6.42 Å². The van der Waals surface area contributed by atoms with Crippen molar-refractivity contribution in [1.29, 1.82) is 0 Å². The monoisotopic (exact) mass is 206 g/mol. The molecule has 1 rings (SSSR count). The molecule has 0 radical (unpaired) electrons. The summed E-state index contributed by atoms with van der Waals surface area (Å²) in [5.74, 6) is 0.645. The molecule has 86 valence electrons. The molecule has 0 N–H and O–H groups in total. The average Bonchev–Trinajstić information content (AvgIpc) is 2.34. The molecule has 1 atom stereocenters. The van der Waals surface area contributed by atoms with Crippen LogP contribution in [-0.4, -0.2) is 0 Å². The standard InChI is InChI=1S/C11H14.2C2H6/c1-4-10-7-6-9(3)8-11(10)5-2;2*1-2/h4-7,9H,1-2,8H2,3H3;2*1-2H3. The lowest BCUT2D eigenvalue weighted by atomic mass is 9.91. The first-order chi connectivity index (χ1) is 7.27. The maximum absolute atomic E-state index is 3.78. The molecule has 0 aromatic heterocycles. The van der Waals surface area contributed by atoms with Crippen LogP contribution >= 0.6 is 0 Å². The highest BCUT2D eigenvalue weighted by molar-refractivity contribution is 5.42. The molecule has 1 unspecified atom stereocenters. The van der Waals surface area contributed by atoms with Crippen LogP contribution in [0.4, 0.5) is 0 Å². The summed E-state index contributed by atoms with van der Waals surface area (Å²) in [6.07, 6.45) is 9.25. The summed E-state index contributed by atoms with van der Waals surface area (Å²) in [7, 11) is 0. The van der Waals surface area contributed by atoms with E-state index >= 15 is 0 Å². The molecule has 0 aromatic carbocycles. The van der Waals surface area contributed by atoms with Gasteiger partial charge in [0.15, 0.2) is 0 Å². The zero-order valence-corrected chi connectivity index (χ0v) is 11.0. The second kappa shape index (κ2) is 11.0. The highest BCUT2D eigenvalue weighted by Crippen LogP contribution is 2.24. The Kier molecular flexibility index (Phi) is 12.1. The maximum atomic E-state index is 3.78. The highest BCUT2D eigenvalue weighted by atomic mass is 14.1. The normalized spacial score (nSPS) is 18.1. The Morgan fingerprint density at radius 1 is 1.13 bits per heavy atom. The molecule has 0 fully saturated rings. The topological polar surface area (TPSA) is 0 Å². The van der Waals surface area contributed by atoms with Crippen LogP contribution < -0.4 is 0 Å². The van der Waals surface area contributed by atoms with Gasteiger partial charge in [-0.15, -0.1) is 0 Å². The first kappa shape index (κ1) is 16.4. The highest BCUT2D eigenvalue weighted by Gasteiger charge is 2.07. The van der Waals surface area contributed by atoms with E-state index in [1.54, 1.807) is 0 Å². The van der Waals surface area contributed by atoms with Gasteiger partial charge in [0.1, 0.15) is 0 Å². The van der Waals surface area contributed by atoms with E-state index in [4.69, 9.17) is 0 Å². The van der Waals surface area contributed by atoms with Crippen molar-refractivity contribution in [2.75, 3.05) is 0 Å². The molecule has 0 saturated carbocycles. The van der Waals surface area contributed by atoms with Gasteiger partial charge in [-0.1, -0.05) is 72.1 Å². The average molecular weight is 206 g/mol. The molecule has 1 aliphatic carbocycles. The summed E-state index contributed by atoms with van der Waals surface area (Å²) >= 11 is 0. The molecule has 0 heterocycles. The van der Waals surface area contributed by atoms with Crippen LogP contribution in [0.25, 0.3) is 0 Å². The molecule has 0 heteroatoms. The van der Waals surface area contributed by atoms with Gasteiger partial charge in [-0.25, -0.2) is 0 Å². The number of allylic oxidation sites excluding steroid dienone is 6. The Labute approximate surface area is 96.1 Å². The summed E-state index contributed by atoms with van der Waals surface area (Å²) in [6, 6.07) is 0. The Bertz CT molecular complexity index is 228. The largest absolute Gasteiger partial charge is 0.0988 e. The molecule has 0 spiro atoms. The smallest absolute Gasteiger partial charge is 0.0212 e. The Hall–Kier alpha value is -1.04. The van der Waals surface area contributed by atoms with Crippen LogP contribution in [0.1, 0.15) is 41.0 Å². The Morgan fingerprint density at radius 3 is 2.07 bits per heavy atom. The van der Waals surface area contributed by atoms with Crippen molar-refractivity contribution >= 4 is 0 Å². The van der Waals surface area contributed by atoms with Gasteiger partial charge < -0.3 is 0 Å². The zero-order chi connectivity index (χ0) is 12.3. The minimum absolute atomic E-state index is 0.645. The van der Waals surface area contributed by atoms with Crippen molar-refractivity contribution in [2.24, 2.45) is 5.92 Å². The quantitative estimate of drug-likeness (QED) is 0.575. The molecule has 0 aliphatic heterocycles. The van der Waals surface area contributed by atoms with Crippen LogP contribution in [0.3, 0.4) is 0 Å². The van der Waals surface area contributed by atoms with Crippen LogP contribution in [0.2, 0.25) is 0 Å². The van der Waals surface area contributed by atoms with Crippen molar-refractivity contribution in [3.05, 3.63) is 48.6 Å². The van der Waals surface area contributed by atoms with Crippen molar-refractivity contribution in [3.63, 3.8) is 0 Å². The lowest BCUT2D eigenvalue weighted by Crippen LogP contribution is -1.98. The number of hydrogen-bond donors (Lipinski definition) is 0.